The van der Waals surface area contributed by atoms with E-state index in [0.29, 0.717) is 37.1 Å². The standard InChI is InChI=1S/C38H57N3O8S/c1-9-26(6)19-34(43)41(23-48-35(44)18-24(2)3)32(25(4)5)16-13-17-33(49-28(8)42)37-40-31(22-50-37)36(45)39-30(20-27(7)38(46)47)21-29-14-11-10-12-15-29/h10-12,14-15,22,24-27,30,32-33H,9,13,16-21,23H2,1-8H3,(H,39,45)(H,46,47)/t26-,27-,30+,32?,33+/m0/s1. The second kappa shape index (κ2) is 21.4. The molecular weight excluding hydrogens is 658 g/mol. The molecule has 2 aromatic rings. The van der Waals surface area contributed by atoms with Gasteiger partial charge in [-0.1, -0.05) is 85.2 Å². The summed E-state index contributed by atoms with van der Waals surface area (Å²) in [7, 11) is 0. The van der Waals surface area contributed by atoms with Crippen LogP contribution in [-0.2, 0) is 35.1 Å². The zero-order chi connectivity index (χ0) is 37.4. The predicted molar refractivity (Wildman–Crippen MR) is 193 cm³/mol. The van der Waals surface area contributed by atoms with Crippen molar-refractivity contribution in [2.45, 2.75) is 125 Å². The average Bonchev–Trinajstić information content (AvgIpc) is 3.53. The highest BCUT2D eigenvalue weighted by Gasteiger charge is 2.30. The van der Waals surface area contributed by atoms with Crippen molar-refractivity contribution >= 4 is 41.1 Å². The van der Waals surface area contributed by atoms with E-state index in [0.717, 1.165) is 12.0 Å². The molecule has 0 saturated carbocycles. The highest BCUT2D eigenvalue weighted by molar-refractivity contribution is 7.09. The average molecular weight is 716 g/mol. The zero-order valence-electron chi connectivity index (χ0n) is 31.0. The SMILES string of the molecule is CC[C@H](C)CC(=O)N(COC(=O)CC(C)C)C(CCC[C@@H](OC(C)=O)c1nc(C(=O)N[C@@H](Cc2ccccc2)C[C@H](C)C(=O)O)cs1)C(C)C. The van der Waals surface area contributed by atoms with Crippen LogP contribution < -0.4 is 5.32 Å². The molecule has 1 aromatic carbocycles. The first kappa shape index (κ1) is 42.4. The molecule has 50 heavy (non-hydrogen) atoms. The van der Waals surface area contributed by atoms with Crippen LogP contribution in [0, 0.1) is 23.7 Å². The summed E-state index contributed by atoms with van der Waals surface area (Å²) in [6.45, 7) is 14.8. The summed E-state index contributed by atoms with van der Waals surface area (Å²) in [5, 5.41) is 14.5. The van der Waals surface area contributed by atoms with Crippen LogP contribution in [0.15, 0.2) is 35.7 Å². The number of nitrogens with zero attached hydrogens (tertiary/aromatic N) is 2. The first-order chi connectivity index (χ1) is 23.6. The van der Waals surface area contributed by atoms with Crippen molar-refractivity contribution in [3.8, 4) is 0 Å². The Bertz CT molecular complexity index is 1380. The van der Waals surface area contributed by atoms with Gasteiger partial charge in [0.15, 0.2) is 12.8 Å². The highest BCUT2D eigenvalue weighted by Crippen LogP contribution is 2.29. The third kappa shape index (κ3) is 15.0. The first-order valence-electron chi connectivity index (χ1n) is 17.8. The molecule has 1 unspecified atom stereocenters. The Balaban J connectivity index is 2.20. The van der Waals surface area contributed by atoms with E-state index in [-0.39, 0.29) is 60.9 Å². The molecule has 0 fully saturated rings. The number of carboxylic acid groups (broad SMARTS) is 1. The summed E-state index contributed by atoms with van der Waals surface area (Å²) in [5.41, 5.74) is 1.13. The number of thiazole rings is 1. The molecule has 0 bridgehead atoms. The molecule has 1 aromatic heterocycles. The molecule has 12 heteroatoms. The summed E-state index contributed by atoms with van der Waals surface area (Å²) < 4.78 is 11.2. The van der Waals surface area contributed by atoms with Crippen molar-refractivity contribution in [2.24, 2.45) is 23.7 Å². The number of aliphatic carboxylic acids is 1. The topological polar surface area (TPSA) is 152 Å². The van der Waals surface area contributed by atoms with Crippen LogP contribution in [0.5, 0.6) is 0 Å². The van der Waals surface area contributed by atoms with E-state index in [1.807, 2.05) is 71.9 Å². The zero-order valence-corrected chi connectivity index (χ0v) is 31.8. The maximum atomic E-state index is 13.5. The van der Waals surface area contributed by atoms with E-state index in [1.165, 1.54) is 18.3 Å². The van der Waals surface area contributed by atoms with Gasteiger partial charge in [-0.05, 0) is 55.4 Å². The molecule has 0 spiro atoms. The van der Waals surface area contributed by atoms with Crippen molar-refractivity contribution in [1.29, 1.82) is 0 Å². The molecule has 0 radical (unpaired) electrons. The number of amides is 2. The first-order valence-corrected chi connectivity index (χ1v) is 18.6. The lowest BCUT2D eigenvalue weighted by atomic mass is 9.94. The van der Waals surface area contributed by atoms with Crippen LogP contribution in [0.2, 0.25) is 0 Å². The number of hydrogen-bond acceptors (Lipinski definition) is 9. The fourth-order valence-corrected chi connectivity index (χ4v) is 6.52. The Morgan fingerprint density at radius 1 is 0.980 bits per heavy atom. The van der Waals surface area contributed by atoms with Crippen molar-refractivity contribution in [3.05, 3.63) is 52.0 Å². The number of rotatable bonds is 22. The summed E-state index contributed by atoms with van der Waals surface area (Å²) in [5.74, 6) is -2.54. The van der Waals surface area contributed by atoms with Gasteiger partial charge in [-0.15, -0.1) is 11.3 Å². The summed E-state index contributed by atoms with van der Waals surface area (Å²) in [6, 6.07) is 8.89. The van der Waals surface area contributed by atoms with Gasteiger partial charge in [0.05, 0.1) is 5.92 Å². The largest absolute Gasteiger partial charge is 0.481 e. The van der Waals surface area contributed by atoms with Crippen molar-refractivity contribution in [1.82, 2.24) is 15.2 Å². The van der Waals surface area contributed by atoms with Crippen molar-refractivity contribution in [2.75, 3.05) is 6.73 Å². The van der Waals surface area contributed by atoms with E-state index < -0.39 is 35.9 Å². The molecule has 2 amide bonds. The van der Waals surface area contributed by atoms with Gasteiger partial charge in [0.2, 0.25) is 5.91 Å². The van der Waals surface area contributed by atoms with Crippen LogP contribution in [-0.4, -0.2) is 63.5 Å². The Hall–Kier alpha value is -3.80. The van der Waals surface area contributed by atoms with E-state index in [2.05, 4.69) is 10.3 Å². The minimum absolute atomic E-state index is 0.0640. The smallest absolute Gasteiger partial charge is 0.307 e. The second-order valence-corrected chi connectivity index (χ2v) is 15.0. The molecule has 5 atom stereocenters. The van der Waals surface area contributed by atoms with Gasteiger partial charge in [-0.3, -0.25) is 24.0 Å². The van der Waals surface area contributed by atoms with Gasteiger partial charge >= 0.3 is 17.9 Å². The summed E-state index contributed by atoms with van der Waals surface area (Å²) in [4.78, 5) is 69.2. The number of carbonyl (C=O) groups is 5. The number of carboxylic acids is 1. The Labute approximate surface area is 301 Å². The second-order valence-electron chi connectivity index (χ2n) is 14.1. The molecule has 11 nitrogen and oxygen atoms in total. The van der Waals surface area contributed by atoms with Crippen LogP contribution >= 0.6 is 11.3 Å². The quantitative estimate of drug-likeness (QED) is 0.0952. The number of nitrogens with one attached hydrogen (secondary N) is 1. The molecule has 0 aliphatic rings. The van der Waals surface area contributed by atoms with Gasteiger partial charge < -0.3 is 24.8 Å². The Morgan fingerprint density at radius 2 is 1.66 bits per heavy atom. The van der Waals surface area contributed by atoms with Gasteiger partial charge in [-0.25, -0.2) is 4.98 Å². The lowest BCUT2D eigenvalue weighted by molar-refractivity contribution is -0.157. The maximum Gasteiger partial charge on any atom is 0.307 e. The van der Waals surface area contributed by atoms with Gasteiger partial charge in [0.1, 0.15) is 10.7 Å². The number of carbonyl (C=O) groups excluding carboxylic acids is 4. The van der Waals surface area contributed by atoms with Crippen molar-refractivity contribution in [3.63, 3.8) is 0 Å². The number of ether oxygens (including phenoxy) is 2. The van der Waals surface area contributed by atoms with Crippen LogP contribution in [0.4, 0.5) is 0 Å². The molecule has 0 aliphatic carbocycles. The van der Waals surface area contributed by atoms with Gasteiger partial charge in [-0.2, -0.15) is 0 Å². The highest BCUT2D eigenvalue weighted by atomic mass is 32.1. The number of esters is 2. The number of hydrogen-bond donors (Lipinski definition) is 2. The third-order valence-electron chi connectivity index (χ3n) is 8.67. The Kier molecular flexibility index (Phi) is 18.2. The minimum atomic E-state index is -0.938. The number of aromatic nitrogens is 1. The predicted octanol–water partition coefficient (Wildman–Crippen LogP) is 7.21. The summed E-state index contributed by atoms with van der Waals surface area (Å²) in [6.07, 6.45) is 3.03. The lowest BCUT2D eigenvalue weighted by Gasteiger charge is -2.35. The van der Waals surface area contributed by atoms with E-state index in [4.69, 9.17) is 9.47 Å². The molecule has 2 rings (SSSR count). The number of benzene rings is 1. The fraction of sp³-hybridized carbons (Fsp3) is 0.632. The van der Waals surface area contributed by atoms with Gasteiger partial charge in [0.25, 0.3) is 5.91 Å². The van der Waals surface area contributed by atoms with Crippen LogP contribution in [0.25, 0.3) is 0 Å². The lowest BCUT2D eigenvalue weighted by Crippen LogP contribution is -2.45. The van der Waals surface area contributed by atoms with Crippen molar-refractivity contribution < 1.29 is 38.6 Å². The molecule has 0 aliphatic heterocycles. The van der Waals surface area contributed by atoms with E-state index in [9.17, 15) is 29.1 Å². The molecule has 1 heterocycles. The molecular formula is C38H57N3O8S. The molecule has 2 N–H and O–H groups in total. The van der Waals surface area contributed by atoms with Crippen LogP contribution in [0.3, 0.4) is 0 Å². The minimum Gasteiger partial charge on any atom is -0.481 e. The Morgan fingerprint density at radius 3 is 2.24 bits per heavy atom. The monoisotopic (exact) mass is 715 g/mol. The van der Waals surface area contributed by atoms with Crippen LogP contribution in [0.1, 0.15) is 127 Å². The molecule has 0 saturated heterocycles. The normalized spacial score (nSPS) is 14.4. The maximum absolute atomic E-state index is 13.5. The van der Waals surface area contributed by atoms with E-state index in [1.54, 1.807) is 17.2 Å². The van der Waals surface area contributed by atoms with E-state index >= 15 is 0 Å². The summed E-state index contributed by atoms with van der Waals surface area (Å²) >= 11 is 1.21. The fourth-order valence-electron chi connectivity index (χ4n) is 5.66. The molecule has 278 valence electrons. The third-order valence-corrected chi connectivity index (χ3v) is 9.61. The van der Waals surface area contributed by atoms with Gasteiger partial charge in [0, 0.05) is 37.2 Å².